The van der Waals surface area contributed by atoms with Gasteiger partial charge in [0.1, 0.15) is 0 Å². The van der Waals surface area contributed by atoms with Crippen LogP contribution in [-0.4, -0.2) is 9.81 Å². The molecule has 0 aliphatic rings. The third-order valence-electron chi connectivity index (χ3n) is 2.51. The third kappa shape index (κ3) is 3.98. The summed E-state index contributed by atoms with van der Waals surface area (Å²) in [7, 11) is 0. The van der Waals surface area contributed by atoms with Crippen molar-refractivity contribution in [2.75, 3.05) is 0 Å². The molecular weight excluding hydrogens is 295 g/mol. The summed E-state index contributed by atoms with van der Waals surface area (Å²) < 4.78 is 38.2. The second kappa shape index (κ2) is 4.96. The van der Waals surface area contributed by atoms with Gasteiger partial charge in [0.2, 0.25) is 0 Å². The van der Waals surface area contributed by atoms with Gasteiger partial charge in [0, 0.05) is 17.4 Å². The van der Waals surface area contributed by atoms with E-state index in [1.807, 2.05) is 20.8 Å². The van der Waals surface area contributed by atoms with Crippen LogP contribution in [-0.2, 0) is 12.6 Å². The van der Waals surface area contributed by atoms with Crippen LogP contribution in [0.15, 0.2) is 18.3 Å². The molecule has 0 N–H and O–H groups in total. The van der Waals surface area contributed by atoms with Gasteiger partial charge in [-0.05, 0) is 17.5 Å². The fraction of sp³-hybridized carbons (Fsp3) is 0.583. The predicted octanol–water partition coefficient (Wildman–Crippen LogP) is 4.45. The van der Waals surface area contributed by atoms with E-state index in [9.17, 15) is 13.2 Å². The lowest BCUT2D eigenvalue weighted by Crippen LogP contribution is -2.24. The minimum Gasteiger partial charge on any atom is -0.261 e. The molecule has 5 heteroatoms. The van der Waals surface area contributed by atoms with Gasteiger partial charge in [-0.15, -0.1) is 0 Å². The summed E-state index contributed by atoms with van der Waals surface area (Å²) in [5, 5.41) is 0. The van der Waals surface area contributed by atoms with Crippen LogP contribution >= 0.6 is 15.9 Å². The van der Waals surface area contributed by atoms with Gasteiger partial charge in [-0.2, -0.15) is 13.2 Å². The van der Waals surface area contributed by atoms with Crippen LogP contribution in [0.4, 0.5) is 13.2 Å². The molecule has 1 nitrogen and oxygen atoms in total. The summed E-state index contributed by atoms with van der Waals surface area (Å²) in [6.45, 7) is 5.92. The first-order valence-electron chi connectivity index (χ1n) is 5.27. The van der Waals surface area contributed by atoms with E-state index in [4.69, 9.17) is 0 Å². The van der Waals surface area contributed by atoms with E-state index in [1.165, 1.54) is 12.3 Å². The van der Waals surface area contributed by atoms with Crippen LogP contribution in [0, 0.1) is 5.41 Å². The van der Waals surface area contributed by atoms with Crippen molar-refractivity contribution >= 4 is 15.9 Å². The lowest BCUT2D eigenvalue weighted by molar-refractivity contribution is -0.138. The number of alkyl halides is 4. The fourth-order valence-electron chi connectivity index (χ4n) is 1.33. The first-order chi connectivity index (χ1) is 7.62. The van der Waals surface area contributed by atoms with E-state index >= 15 is 0 Å². The molecule has 17 heavy (non-hydrogen) atoms. The molecule has 0 fully saturated rings. The molecule has 1 unspecified atom stereocenters. The van der Waals surface area contributed by atoms with Crippen LogP contribution in [0.3, 0.4) is 0 Å². The number of pyridine rings is 1. The van der Waals surface area contributed by atoms with E-state index in [-0.39, 0.29) is 22.4 Å². The Morgan fingerprint density at radius 2 is 1.88 bits per heavy atom. The number of halogens is 4. The van der Waals surface area contributed by atoms with Gasteiger partial charge in [0.15, 0.2) is 0 Å². The largest absolute Gasteiger partial charge is 0.418 e. The minimum absolute atomic E-state index is 0.0500. The highest BCUT2D eigenvalue weighted by Gasteiger charge is 2.35. The molecule has 1 atom stereocenters. The predicted molar refractivity (Wildman–Crippen MR) is 65.1 cm³/mol. The van der Waals surface area contributed by atoms with Crippen LogP contribution in [0.5, 0.6) is 0 Å². The molecule has 1 heterocycles. The van der Waals surface area contributed by atoms with Gasteiger partial charge < -0.3 is 0 Å². The Kier molecular flexibility index (Phi) is 4.23. The van der Waals surface area contributed by atoms with Crippen molar-refractivity contribution in [3.05, 3.63) is 29.6 Å². The highest BCUT2D eigenvalue weighted by molar-refractivity contribution is 9.09. The average molecular weight is 310 g/mol. The Morgan fingerprint density at radius 3 is 2.35 bits per heavy atom. The van der Waals surface area contributed by atoms with Crippen molar-refractivity contribution in [1.82, 2.24) is 4.98 Å². The quantitative estimate of drug-likeness (QED) is 0.735. The number of nitrogens with zero attached hydrogens (tertiary/aromatic N) is 1. The van der Waals surface area contributed by atoms with Crippen molar-refractivity contribution in [2.24, 2.45) is 5.41 Å². The van der Waals surface area contributed by atoms with Crippen LogP contribution < -0.4 is 0 Å². The van der Waals surface area contributed by atoms with Crippen molar-refractivity contribution in [1.29, 1.82) is 0 Å². The molecule has 0 spiro atoms. The van der Waals surface area contributed by atoms with Gasteiger partial charge in [-0.25, -0.2) is 0 Å². The van der Waals surface area contributed by atoms with E-state index in [1.54, 1.807) is 0 Å². The molecule has 1 aromatic rings. The van der Waals surface area contributed by atoms with E-state index in [0.29, 0.717) is 0 Å². The Labute approximate surface area is 108 Å². The van der Waals surface area contributed by atoms with Crippen LogP contribution in [0.1, 0.15) is 32.0 Å². The maximum Gasteiger partial charge on any atom is 0.418 e. The van der Waals surface area contributed by atoms with Crippen molar-refractivity contribution < 1.29 is 13.2 Å². The first-order valence-corrected chi connectivity index (χ1v) is 6.19. The molecule has 0 saturated carbocycles. The molecule has 0 saturated heterocycles. The monoisotopic (exact) mass is 309 g/mol. The summed E-state index contributed by atoms with van der Waals surface area (Å²) >= 11 is 3.43. The molecule has 1 rings (SSSR count). The van der Waals surface area contributed by atoms with E-state index in [2.05, 4.69) is 20.9 Å². The molecule has 0 aliphatic carbocycles. The Balaban J connectivity index is 3.00. The Morgan fingerprint density at radius 1 is 1.29 bits per heavy atom. The van der Waals surface area contributed by atoms with Gasteiger partial charge >= 0.3 is 6.18 Å². The third-order valence-corrected chi connectivity index (χ3v) is 4.21. The fourth-order valence-corrected chi connectivity index (χ4v) is 1.64. The molecule has 96 valence electrons. The highest BCUT2D eigenvalue weighted by atomic mass is 79.9. The van der Waals surface area contributed by atoms with Crippen molar-refractivity contribution in [2.45, 2.75) is 38.2 Å². The van der Waals surface area contributed by atoms with Gasteiger partial charge in [0.05, 0.1) is 11.3 Å². The van der Waals surface area contributed by atoms with Crippen LogP contribution in [0.25, 0.3) is 0 Å². The topological polar surface area (TPSA) is 12.9 Å². The standard InChI is InChI=1S/C12H15BrF3N/c1-11(2,3)10(13)7-9-8(12(14,15)16)5-4-6-17-9/h4-6,10H,7H2,1-3H3. The summed E-state index contributed by atoms with van der Waals surface area (Å²) in [5.41, 5.74) is -0.661. The summed E-state index contributed by atoms with van der Waals surface area (Å²) in [6.07, 6.45) is -2.68. The van der Waals surface area contributed by atoms with E-state index in [0.717, 1.165) is 6.07 Å². The zero-order chi connectivity index (χ0) is 13.3. The smallest absolute Gasteiger partial charge is 0.261 e. The minimum atomic E-state index is -4.34. The maximum absolute atomic E-state index is 12.7. The van der Waals surface area contributed by atoms with Crippen molar-refractivity contribution in [3.8, 4) is 0 Å². The van der Waals surface area contributed by atoms with Crippen LogP contribution in [0.2, 0.25) is 0 Å². The number of rotatable bonds is 2. The molecule has 0 amide bonds. The summed E-state index contributed by atoms with van der Waals surface area (Å²) in [6, 6.07) is 2.39. The molecule has 0 aliphatic heterocycles. The van der Waals surface area contributed by atoms with Gasteiger partial charge in [-0.1, -0.05) is 36.7 Å². The lowest BCUT2D eigenvalue weighted by Gasteiger charge is -2.26. The van der Waals surface area contributed by atoms with Gasteiger partial charge in [-0.3, -0.25) is 4.98 Å². The first kappa shape index (κ1) is 14.5. The zero-order valence-electron chi connectivity index (χ0n) is 9.98. The normalized spacial score (nSPS) is 14.8. The number of hydrogen-bond donors (Lipinski definition) is 0. The average Bonchev–Trinajstić information content (AvgIpc) is 2.15. The summed E-state index contributed by atoms with van der Waals surface area (Å²) in [4.78, 5) is 3.80. The SMILES string of the molecule is CC(C)(C)C(Br)Cc1ncccc1C(F)(F)F. The second-order valence-electron chi connectivity index (χ2n) is 5.03. The molecule has 1 aromatic heterocycles. The zero-order valence-corrected chi connectivity index (χ0v) is 11.6. The molecular formula is C12H15BrF3N. The van der Waals surface area contributed by atoms with Gasteiger partial charge in [0.25, 0.3) is 0 Å². The second-order valence-corrected chi connectivity index (χ2v) is 6.14. The lowest BCUT2D eigenvalue weighted by atomic mass is 9.89. The van der Waals surface area contributed by atoms with Crippen molar-refractivity contribution in [3.63, 3.8) is 0 Å². The Bertz CT molecular complexity index is 382. The maximum atomic E-state index is 12.7. The highest BCUT2D eigenvalue weighted by Crippen LogP contribution is 2.34. The summed E-state index contributed by atoms with van der Waals surface area (Å²) in [5.74, 6) is 0. The number of aromatic nitrogens is 1. The van der Waals surface area contributed by atoms with E-state index < -0.39 is 11.7 Å². The molecule has 0 radical (unpaired) electrons. The molecule has 0 bridgehead atoms. The molecule has 0 aromatic carbocycles. The Hall–Kier alpha value is -0.580. The number of hydrogen-bond acceptors (Lipinski definition) is 1.